The van der Waals surface area contributed by atoms with E-state index in [1.54, 1.807) is 16.2 Å². The Bertz CT molecular complexity index is 992. The number of thiazole rings is 1. The Hall–Kier alpha value is -2.15. The summed E-state index contributed by atoms with van der Waals surface area (Å²) in [6.07, 6.45) is 0. The minimum atomic E-state index is 0.161. The zero-order valence-corrected chi connectivity index (χ0v) is 15.7. The lowest BCUT2D eigenvalue weighted by molar-refractivity contribution is 0.411. The fourth-order valence-corrected chi connectivity index (χ4v) is 4.52. The van der Waals surface area contributed by atoms with Crippen molar-refractivity contribution < 1.29 is 5.11 Å². The third kappa shape index (κ3) is 2.86. The van der Waals surface area contributed by atoms with Gasteiger partial charge in [-0.05, 0) is 36.1 Å². The van der Waals surface area contributed by atoms with Crippen molar-refractivity contribution in [1.82, 2.24) is 4.98 Å². The van der Waals surface area contributed by atoms with Gasteiger partial charge in [-0.15, -0.1) is 22.7 Å². The Morgan fingerprint density at radius 3 is 2.84 bits per heavy atom. The maximum absolute atomic E-state index is 10.4. The van der Waals surface area contributed by atoms with Crippen molar-refractivity contribution in [1.29, 1.82) is 5.41 Å². The van der Waals surface area contributed by atoms with E-state index in [4.69, 9.17) is 17.0 Å². The molecule has 4 rings (SSSR count). The zero-order chi connectivity index (χ0) is 17.6. The first-order valence-electron chi connectivity index (χ1n) is 7.59. The molecule has 0 saturated heterocycles. The van der Waals surface area contributed by atoms with Crippen molar-refractivity contribution in [3.8, 4) is 10.6 Å². The van der Waals surface area contributed by atoms with Crippen LogP contribution < -0.4 is 4.90 Å². The van der Waals surface area contributed by atoms with Crippen LogP contribution in [-0.2, 0) is 0 Å². The molecule has 2 N–H and O–H groups in total. The van der Waals surface area contributed by atoms with Gasteiger partial charge in [0.2, 0.25) is 0 Å². The Kier molecular flexibility index (Phi) is 4.11. The van der Waals surface area contributed by atoms with Gasteiger partial charge in [0, 0.05) is 16.1 Å². The molecule has 0 spiro atoms. The van der Waals surface area contributed by atoms with E-state index in [1.165, 1.54) is 11.3 Å². The lowest BCUT2D eigenvalue weighted by Crippen LogP contribution is -2.26. The van der Waals surface area contributed by atoms with Gasteiger partial charge in [0.05, 0.1) is 22.7 Å². The van der Waals surface area contributed by atoms with Crippen molar-refractivity contribution in [2.24, 2.45) is 0 Å². The lowest BCUT2D eigenvalue weighted by atomic mass is 10.2. The van der Waals surface area contributed by atoms with E-state index >= 15 is 0 Å². The molecule has 0 radical (unpaired) electrons. The number of nitrogens with one attached hydrogen (secondary N) is 1. The van der Waals surface area contributed by atoms with Gasteiger partial charge in [-0.25, -0.2) is 4.98 Å². The van der Waals surface area contributed by atoms with Gasteiger partial charge in [0.1, 0.15) is 16.6 Å². The molecular formula is C18H14ClN3OS2. The Labute approximate surface area is 158 Å². The number of aryl methyl sites for hydroxylation is 1. The van der Waals surface area contributed by atoms with Crippen molar-refractivity contribution in [3.63, 3.8) is 0 Å². The highest BCUT2D eigenvalue weighted by atomic mass is 35.5. The molecule has 0 aliphatic carbocycles. The van der Waals surface area contributed by atoms with Crippen LogP contribution in [0.5, 0.6) is 0 Å². The van der Waals surface area contributed by atoms with Crippen LogP contribution in [-0.4, -0.2) is 22.5 Å². The van der Waals surface area contributed by atoms with Gasteiger partial charge in [-0.1, -0.05) is 23.7 Å². The van der Waals surface area contributed by atoms with Crippen molar-refractivity contribution in [2.45, 2.75) is 6.92 Å². The lowest BCUT2D eigenvalue weighted by Gasteiger charge is -2.19. The van der Waals surface area contributed by atoms with Crippen LogP contribution in [0.15, 0.2) is 46.9 Å². The van der Waals surface area contributed by atoms with E-state index in [0.29, 0.717) is 15.6 Å². The highest BCUT2D eigenvalue weighted by molar-refractivity contribution is 7.14. The molecule has 1 aromatic carbocycles. The molecule has 0 fully saturated rings. The average Bonchev–Trinajstić information content (AvgIpc) is 3.30. The summed E-state index contributed by atoms with van der Waals surface area (Å²) in [4.78, 5) is 7.43. The van der Waals surface area contributed by atoms with Crippen LogP contribution in [0.1, 0.15) is 10.6 Å². The molecule has 3 aromatic rings. The second kappa shape index (κ2) is 6.29. The Morgan fingerprint density at radius 1 is 1.28 bits per heavy atom. The normalized spacial score (nSPS) is 14.6. The van der Waals surface area contributed by atoms with Crippen molar-refractivity contribution in [3.05, 3.63) is 62.4 Å². The van der Waals surface area contributed by atoms with E-state index in [9.17, 15) is 5.11 Å². The summed E-state index contributed by atoms with van der Waals surface area (Å²) < 4.78 is 0. The van der Waals surface area contributed by atoms with Crippen LogP contribution in [0, 0.1) is 12.3 Å². The van der Waals surface area contributed by atoms with Gasteiger partial charge >= 0.3 is 0 Å². The second-order valence-electron chi connectivity index (χ2n) is 5.71. The summed E-state index contributed by atoms with van der Waals surface area (Å²) in [5.41, 5.74) is 3.13. The van der Waals surface area contributed by atoms with Crippen molar-refractivity contribution >= 4 is 51.4 Å². The summed E-state index contributed by atoms with van der Waals surface area (Å²) >= 11 is 9.27. The van der Waals surface area contributed by atoms with Gasteiger partial charge in [-0.2, -0.15) is 0 Å². The second-order valence-corrected chi connectivity index (χ2v) is 7.92. The van der Waals surface area contributed by atoms with E-state index in [-0.39, 0.29) is 18.1 Å². The number of halogens is 1. The van der Waals surface area contributed by atoms with Crippen molar-refractivity contribution in [2.75, 3.05) is 11.4 Å². The Balaban J connectivity index is 1.66. The third-order valence-corrected chi connectivity index (χ3v) is 6.22. The molecule has 0 saturated carbocycles. The number of amidine groups is 1. The first-order valence-corrected chi connectivity index (χ1v) is 9.73. The molecule has 7 heteroatoms. The van der Waals surface area contributed by atoms with Crippen LogP contribution in [0.25, 0.3) is 16.1 Å². The number of aliphatic hydroxyl groups is 1. The van der Waals surface area contributed by atoms with Gasteiger partial charge in [0.15, 0.2) is 0 Å². The predicted octanol–water partition coefficient (Wildman–Crippen LogP) is 5.60. The summed E-state index contributed by atoms with van der Waals surface area (Å²) in [5.74, 6) is 0.401. The van der Waals surface area contributed by atoms with E-state index in [2.05, 4.69) is 4.98 Å². The standard InChI is InChI=1S/C18H14ClN3OS2/c1-10-4-5-11(7-12(10)19)22-8-14(23)16(17(22)20)18-21-13(9-25-18)15-3-2-6-24-15/h2-7,9,20,23H,8H2,1H3. The number of hydrogen-bond acceptors (Lipinski definition) is 5. The topological polar surface area (TPSA) is 60.2 Å². The maximum atomic E-state index is 10.4. The number of thiophene rings is 1. The molecule has 4 nitrogen and oxygen atoms in total. The summed E-state index contributed by atoms with van der Waals surface area (Å²) in [5, 5.41) is 24.2. The highest BCUT2D eigenvalue weighted by Gasteiger charge is 2.31. The number of benzene rings is 1. The van der Waals surface area contributed by atoms with Crippen LogP contribution in [0.2, 0.25) is 5.02 Å². The van der Waals surface area contributed by atoms with E-state index in [1.807, 2.05) is 48.0 Å². The molecule has 0 unspecified atom stereocenters. The van der Waals surface area contributed by atoms with E-state index < -0.39 is 0 Å². The fourth-order valence-electron chi connectivity index (χ4n) is 2.70. The SMILES string of the molecule is Cc1ccc(N2CC(O)=C(c3nc(-c4cccs4)cs3)C2=N)cc1Cl. The fraction of sp³-hybridized carbons (Fsp3) is 0.111. The highest BCUT2D eigenvalue weighted by Crippen LogP contribution is 2.36. The molecule has 1 aliphatic heterocycles. The smallest absolute Gasteiger partial charge is 0.139 e. The Morgan fingerprint density at radius 2 is 2.12 bits per heavy atom. The minimum Gasteiger partial charge on any atom is -0.510 e. The number of nitrogens with zero attached hydrogens (tertiary/aromatic N) is 2. The molecule has 2 aromatic heterocycles. The van der Waals surface area contributed by atoms with Crippen LogP contribution in [0.3, 0.4) is 0 Å². The number of aromatic nitrogens is 1. The molecule has 0 amide bonds. The molecule has 0 atom stereocenters. The van der Waals surface area contributed by atoms with E-state index in [0.717, 1.165) is 21.8 Å². The number of anilines is 1. The largest absolute Gasteiger partial charge is 0.510 e. The monoisotopic (exact) mass is 387 g/mol. The molecular weight excluding hydrogens is 374 g/mol. The maximum Gasteiger partial charge on any atom is 0.139 e. The summed E-state index contributed by atoms with van der Waals surface area (Å²) in [6.45, 7) is 2.19. The van der Waals surface area contributed by atoms with Crippen LogP contribution >= 0.6 is 34.3 Å². The quantitative estimate of drug-likeness (QED) is 0.614. The van der Waals surface area contributed by atoms with Crippen LogP contribution in [0.4, 0.5) is 5.69 Å². The molecule has 0 bridgehead atoms. The molecule has 1 aliphatic rings. The van der Waals surface area contributed by atoms with Gasteiger partial charge < -0.3 is 10.0 Å². The minimum absolute atomic E-state index is 0.161. The van der Waals surface area contributed by atoms with Gasteiger partial charge in [0.25, 0.3) is 0 Å². The predicted molar refractivity (Wildman–Crippen MR) is 106 cm³/mol. The van der Waals surface area contributed by atoms with Gasteiger partial charge in [-0.3, -0.25) is 5.41 Å². The summed E-state index contributed by atoms with van der Waals surface area (Å²) in [7, 11) is 0. The first kappa shape index (κ1) is 16.3. The average molecular weight is 388 g/mol. The number of rotatable bonds is 3. The molecule has 25 heavy (non-hydrogen) atoms. The zero-order valence-electron chi connectivity index (χ0n) is 13.3. The number of aliphatic hydroxyl groups excluding tert-OH is 1. The molecule has 3 heterocycles. The molecule has 126 valence electrons. The third-order valence-electron chi connectivity index (χ3n) is 4.06. The number of hydrogen-bond donors (Lipinski definition) is 2. The first-order chi connectivity index (χ1) is 12.0. The summed E-state index contributed by atoms with van der Waals surface area (Å²) in [6, 6.07) is 9.64.